The van der Waals surface area contributed by atoms with E-state index in [2.05, 4.69) is 10.3 Å². The van der Waals surface area contributed by atoms with Gasteiger partial charge in [-0.05, 0) is 32.0 Å². The Kier molecular flexibility index (Phi) is 8.67. The van der Waals surface area contributed by atoms with Gasteiger partial charge in [-0.15, -0.1) is 11.3 Å². The number of likely N-dealkylation sites (tertiary alicyclic amines) is 1. The number of hydrogen-bond acceptors (Lipinski definition) is 8. The summed E-state index contributed by atoms with van der Waals surface area (Å²) in [5.41, 5.74) is 1.06. The lowest BCUT2D eigenvalue weighted by Crippen LogP contribution is -2.45. The number of piperidine rings is 1. The zero-order valence-corrected chi connectivity index (χ0v) is 21.4. The number of carbonyl (C=O) groups excluding carboxylic acids is 1. The first-order valence-corrected chi connectivity index (χ1v) is 12.9. The second kappa shape index (κ2) is 11.9. The molecular weight excluding hydrogens is 526 g/mol. The van der Waals surface area contributed by atoms with Crippen LogP contribution in [0.3, 0.4) is 0 Å². The van der Waals surface area contributed by atoms with Crippen LogP contribution in [-0.2, 0) is 14.3 Å². The fraction of sp³-hybridized carbons (Fsp3) is 0.360. The number of carboxylic acids is 1. The van der Waals surface area contributed by atoms with Crippen LogP contribution < -0.4 is 5.32 Å². The number of esters is 1. The minimum absolute atomic E-state index is 0.0433. The van der Waals surface area contributed by atoms with Gasteiger partial charge in [-0.1, -0.05) is 23.7 Å². The van der Waals surface area contributed by atoms with E-state index in [4.69, 9.17) is 26.4 Å². The number of nitrogens with one attached hydrogen (secondary N) is 1. The summed E-state index contributed by atoms with van der Waals surface area (Å²) in [6, 6.07) is 2.97. The van der Waals surface area contributed by atoms with Crippen molar-refractivity contribution in [3.63, 3.8) is 0 Å². The Morgan fingerprint density at radius 1 is 1.41 bits per heavy atom. The second-order valence-electron chi connectivity index (χ2n) is 8.52. The van der Waals surface area contributed by atoms with Gasteiger partial charge < -0.3 is 15.2 Å². The maximum atomic E-state index is 14.9. The molecule has 0 amide bonds. The van der Waals surface area contributed by atoms with Crippen molar-refractivity contribution in [1.29, 1.82) is 0 Å². The molecule has 0 radical (unpaired) electrons. The number of benzene rings is 1. The Bertz CT molecular complexity index is 1250. The van der Waals surface area contributed by atoms with Gasteiger partial charge in [0.15, 0.2) is 10.8 Å². The summed E-state index contributed by atoms with van der Waals surface area (Å²) in [5.74, 6) is -2.37. The number of allylic oxidation sites excluding steroid dienone is 1. The fourth-order valence-electron chi connectivity index (χ4n) is 4.34. The van der Waals surface area contributed by atoms with Crippen LogP contribution in [0, 0.1) is 11.7 Å². The van der Waals surface area contributed by atoms with Gasteiger partial charge >= 0.3 is 11.9 Å². The Morgan fingerprint density at radius 2 is 2.22 bits per heavy atom. The van der Waals surface area contributed by atoms with Crippen LogP contribution in [0.5, 0.6) is 0 Å². The third-order valence-corrected chi connectivity index (χ3v) is 7.16. The second-order valence-corrected chi connectivity index (χ2v) is 9.82. The number of halogens is 3. The van der Waals surface area contributed by atoms with Gasteiger partial charge in [0.25, 0.3) is 0 Å². The normalized spacial score (nSPS) is 22.6. The highest BCUT2D eigenvalue weighted by Gasteiger charge is 2.36. The molecule has 0 spiro atoms. The number of alkyl halides is 1. The number of amidine groups is 1. The first-order chi connectivity index (χ1) is 17.8. The van der Waals surface area contributed by atoms with Crippen molar-refractivity contribution in [1.82, 2.24) is 15.2 Å². The first-order valence-electron chi connectivity index (χ1n) is 11.6. The molecule has 3 heterocycles. The van der Waals surface area contributed by atoms with Crippen molar-refractivity contribution >= 4 is 40.7 Å². The summed E-state index contributed by atoms with van der Waals surface area (Å²) < 4.78 is 34.1. The topological polar surface area (TPSA) is 104 Å². The van der Waals surface area contributed by atoms with E-state index in [0.717, 1.165) is 12.1 Å². The molecular formula is C25H25ClF2N4O4S. The minimum atomic E-state index is -1.28. The predicted molar refractivity (Wildman–Crippen MR) is 136 cm³/mol. The van der Waals surface area contributed by atoms with Gasteiger partial charge in [-0.25, -0.2) is 23.4 Å². The van der Waals surface area contributed by atoms with E-state index < -0.39 is 35.9 Å². The summed E-state index contributed by atoms with van der Waals surface area (Å²) in [6.45, 7) is 2.49. The number of aliphatic imine (C=N–C) groups is 1. The summed E-state index contributed by atoms with van der Waals surface area (Å²) in [5, 5.41) is 14.5. The SMILES string of the molecule is CCOC(=O)C1=C(CN2CCC(/C=C/C(=O)O)C(F)C2)NC(c2nccs2)=N[C@H]1c1ccc(F)cc1Cl. The quantitative estimate of drug-likeness (QED) is 0.376. The number of rotatable bonds is 8. The van der Waals surface area contributed by atoms with E-state index in [1.807, 2.05) is 4.90 Å². The van der Waals surface area contributed by atoms with Gasteiger partial charge in [0.1, 0.15) is 18.0 Å². The van der Waals surface area contributed by atoms with Gasteiger partial charge in [0.05, 0.1) is 12.2 Å². The van der Waals surface area contributed by atoms with E-state index in [0.29, 0.717) is 35.1 Å². The third kappa shape index (κ3) is 6.41. The number of nitrogens with zero attached hydrogens (tertiary/aromatic N) is 3. The van der Waals surface area contributed by atoms with Gasteiger partial charge in [-0.3, -0.25) is 9.89 Å². The molecule has 1 fully saturated rings. The molecule has 2 unspecified atom stereocenters. The van der Waals surface area contributed by atoms with Crippen LogP contribution in [0.25, 0.3) is 0 Å². The van der Waals surface area contributed by atoms with Crippen LogP contribution in [0.2, 0.25) is 5.02 Å². The van der Waals surface area contributed by atoms with Crippen LogP contribution in [-0.4, -0.2) is 65.2 Å². The average molecular weight is 551 g/mol. The van der Waals surface area contributed by atoms with E-state index in [-0.39, 0.29) is 30.3 Å². The Balaban J connectivity index is 1.71. The van der Waals surface area contributed by atoms with Crippen LogP contribution in [0.1, 0.15) is 30.0 Å². The Hall–Kier alpha value is -3.15. The number of hydrogen-bond donors (Lipinski definition) is 2. The summed E-state index contributed by atoms with van der Waals surface area (Å²) in [7, 11) is 0. The molecule has 2 aliphatic heterocycles. The number of carboxylic acid groups (broad SMARTS) is 1. The molecule has 1 aromatic carbocycles. The van der Waals surface area contributed by atoms with Gasteiger partial charge in [0, 0.05) is 52.9 Å². The maximum Gasteiger partial charge on any atom is 0.338 e. The molecule has 2 aliphatic rings. The molecule has 2 N–H and O–H groups in total. The molecule has 196 valence electrons. The molecule has 1 aromatic heterocycles. The molecule has 0 bridgehead atoms. The zero-order chi connectivity index (χ0) is 26.5. The van der Waals surface area contributed by atoms with E-state index in [1.54, 1.807) is 18.5 Å². The molecule has 2 aromatic rings. The number of aliphatic carboxylic acids is 1. The highest BCUT2D eigenvalue weighted by Crippen LogP contribution is 2.37. The summed E-state index contributed by atoms with van der Waals surface area (Å²) in [6.07, 6.45) is 3.09. The molecule has 4 rings (SSSR count). The van der Waals surface area contributed by atoms with Crippen molar-refractivity contribution in [2.24, 2.45) is 10.9 Å². The van der Waals surface area contributed by atoms with E-state index in [1.165, 1.54) is 29.5 Å². The summed E-state index contributed by atoms with van der Waals surface area (Å²) >= 11 is 7.73. The molecule has 3 atom stereocenters. The van der Waals surface area contributed by atoms with Gasteiger partial charge in [-0.2, -0.15) is 0 Å². The van der Waals surface area contributed by atoms with Crippen LogP contribution in [0.4, 0.5) is 8.78 Å². The average Bonchev–Trinajstić information content (AvgIpc) is 3.38. The number of ether oxygens (including phenoxy) is 1. The van der Waals surface area contributed by atoms with Crippen molar-refractivity contribution in [3.05, 3.63) is 74.6 Å². The maximum absolute atomic E-state index is 14.9. The highest BCUT2D eigenvalue weighted by molar-refractivity contribution is 7.11. The van der Waals surface area contributed by atoms with E-state index in [9.17, 15) is 18.4 Å². The number of thiazole rings is 1. The Morgan fingerprint density at radius 3 is 2.86 bits per heavy atom. The monoisotopic (exact) mass is 550 g/mol. The highest BCUT2D eigenvalue weighted by atomic mass is 35.5. The fourth-order valence-corrected chi connectivity index (χ4v) is 5.20. The smallest absolute Gasteiger partial charge is 0.338 e. The third-order valence-electron chi connectivity index (χ3n) is 6.06. The lowest BCUT2D eigenvalue weighted by Gasteiger charge is -2.36. The molecule has 8 nitrogen and oxygen atoms in total. The van der Waals surface area contributed by atoms with Crippen molar-refractivity contribution in [2.45, 2.75) is 25.6 Å². The molecule has 37 heavy (non-hydrogen) atoms. The molecule has 0 aliphatic carbocycles. The molecule has 12 heteroatoms. The van der Waals surface area contributed by atoms with Crippen molar-refractivity contribution in [3.8, 4) is 0 Å². The van der Waals surface area contributed by atoms with Crippen LogP contribution in [0.15, 0.2) is 58.2 Å². The predicted octanol–water partition coefficient (Wildman–Crippen LogP) is 4.14. The first kappa shape index (κ1) is 26.9. The number of aromatic nitrogens is 1. The lowest BCUT2D eigenvalue weighted by molar-refractivity contribution is -0.139. The molecule has 0 saturated carbocycles. The largest absolute Gasteiger partial charge is 0.478 e. The Labute approximate surface area is 221 Å². The van der Waals surface area contributed by atoms with Crippen molar-refractivity contribution in [2.75, 3.05) is 26.2 Å². The van der Waals surface area contributed by atoms with Crippen LogP contribution >= 0.6 is 22.9 Å². The summed E-state index contributed by atoms with van der Waals surface area (Å²) in [4.78, 5) is 34.9. The molecule has 1 saturated heterocycles. The van der Waals surface area contributed by atoms with E-state index >= 15 is 0 Å². The van der Waals surface area contributed by atoms with Crippen molar-refractivity contribution < 1.29 is 28.2 Å². The zero-order valence-electron chi connectivity index (χ0n) is 19.9. The number of carbonyl (C=O) groups is 2. The standard InChI is InChI=1S/C25H25ClF2N4O4S/c1-2-36-25(35)21-19(13-32-9-7-14(18(28)12-32)3-6-20(33)34)30-23(24-29-8-10-37-24)31-22(21)16-5-4-15(27)11-17(16)26/h3-6,8,10-11,14,18,22H,2,7,9,12-13H2,1H3,(H,30,31)(H,33,34)/b6-3+/t14?,18?,22-/m0/s1. The van der Waals surface area contributed by atoms with Gasteiger partial charge in [0.2, 0.25) is 0 Å². The lowest BCUT2D eigenvalue weighted by atomic mass is 9.92. The minimum Gasteiger partial charge on any atom is -0.478 e.